The van der Waals surface area contributed by atoms with Crippen molar-refractivity contribution in [3.8, 4) is 0 Å². The maximum Gasteiger partial charge on any atom is 0.305 e. The SMILES string of the molecule is CCOC(=O)CCCNC(=O)c1cccn1Cc1ccccc1. The van der Waals surface area contributed by atoms with Crippen molar-refractivity contribution in [2.24, 2.45) is 0 Å². The van der Waals surface area contributed by atoms with Crippen LogP contribution in [-0.2, 0) is 16.1 Å². The molecule has 1 aromatic heterocycles. The highest BCUT2D eigenvalue weighted by Gasteiger charge is 2.11. The average molecular weight is 314 g/mol. The van der Waals surface area contributed by atoms with Crippen LogP contribution in [0, 0.1) is 0 Å². The number of nitrogens with one attached hydrogen (secondary N) is 1. The summed E-state index contributed by atoms with van der Waals surface area (Å²) < 4.78 is 6.76. The zero-order valence-electron chi connectivity index (χ0n) is 13.3. The number of hydrogen-bond acceptors (Lipinski definition) is 3. The molecule has 0 unspecified atom stereocenters. The van der Waals surface area contributed by atoms with Gasteiger partial charge < -0.3 is 14.6 Å². The van der Waals surface area contributed by atoms with Gasteiger partial charge in [-0.1, -0.05) is 30.3 Å². The summed E-state index contributed by atoms with van der Waals surface area (Å²) >= 11 is 0. The number of esters is 1. The molecular weight excluding hydrogens is 292 g/mol. The summed E-state index contributed by atoms with van der Waals surface area (Å²) in [5, 5.41) is 2.84. The predicted octanol–water partition coefficient (Wildman–Crippen LogP) is 2.61. The molecule has 2 aromatic rings. The Morgan fingerprint density at radius 1 is 1.13 bits per heavy atom. The molecule has 0 saturated carbocycles. The number of carbonyl (C=O) groups excluding carboxylic acids is 2. The Labute approximate surface area is 136 Å². The van der Waals surface area contributed by atoms with E-state index in [4.69, 9.17) is 4.74 Å². The third-order valence-electron chi connectivity index (χ3n) is 3.41. The molecule has 2 rings (SSSR count). The Morgan fingerprint density at radius 2 is 1.91 bits per heavy atom. The Bertz CT molecular complexity index is 635. The standard InChI is InChI=1S/C18H22N2O3/c1-2-23-17(21)11-6-12-19-18(22)16-10-7-13-20(16)14-15-8-4-3-5-9-15/h3-5,7-10,13H,2,6,11-12,14H2,1H3,(H,19,22). The smallest absolute Gasteiger partial charge is 0.305 e. The van der Waals surface area contributed by atoms with Gasteiger partial charge in [-0.2, -0.15) is 0 Å². The first-order chi connectivity index (χ1) is 11.2. The number of carbonyl (C=O) groups is 2. The number of nitrogens with zero attached hydrogens (tertiary/aromatic N) is 1. The molecule has 5 nitrogen and oxygen atoms in total. The average Bonchev–Trinajstić information content (AvgIpc) is 3.01. The number of benzene rings is 1. The van der Waals surface area contributed by atoms with Gasteiger partial charge in [0.15, 0.2) is 0 Å². The summed E-state index contributed by atoms with van der Waals surface area (Å²) in [6.45, 7) is 3.27. The predicted molar refractivity (Wildman–Crippen MR) is 88.2 cm³/mol. The van der Waals surface area contributed by atoms with Crippen LogP contribution in [0.1, 0.15) is 35.8 Å². The Hall–Kier alpha value is -2.56. The fraction of sp³-hybridized carbons (Fsp3) is 0.333. The second kappa shape index (κ2) is 8.78. The summed E-state index contributed by atoms with van der Waals surface area (Å²) in [5.74, 6) is -0.357. The van der Waals surface area contributed by atoms with Crippen LogP contribution in [-0.4, -0.2) is 29.6 Å². The summed E-state index contributed by atoms with van der Waals surface area (Å²) in [4.78, 5) is 23.5. The fourth-order valence-electron chi connectivity index (χ4n) is 2.30. The van der Waals surface area contributed by atoms with E-state index in [0.29, 0.717) is 38.2 Å². The summed E-state index contributed by atoms with van der Waals surface area (Å²) in [6, 6.07) is 13.6. The van der Waals surface area contributed by atoms with Gasteiger partial charge in [0.25, 0.3) is 5.91 Å². The van der Waals surface area contributed by atoms with Crippen LogP contribution in [0.15, 0.2) is 48.7 Å². The van der Waals surface area contributed by atoms with E-state index in [2.05, 4.69) is 5.32 Å². The molecule has 23 heavy (non-hydrogen) atoms. The monoisotopic (exact) mass is 314 g/mol. The van der Waals surface area contributed by atoms with Gasteiger partial charge in [-0.15, -0.1) is 0 Å². The van der Waals surface area contributed by atoms with E-state index in [1.165, 1.54) is 0 Å². The highest BCUT2D eigenvalue weighted by molar-refractivity contribution is 5.92. The van der Waals surface area contributed by atoms with Crippen molar-refractivity contribution in [2.45, 2.75) is 26.3 Å². The lowest BCUT2D eigenvalue weighted by Crippen LogP contribution is -2.27. The van der Waals surface area contributed by atoms with Crippen molar-refractivity contribution in [3.05, 3.63) is 59.9 Å². The number of hydrogen-bond donors (Lipinski definition) is 1. The molecule has 0 atom stereocenters. The molecular formula is C18H22N2O3. The van der Waals surface area contributed by atoms with Crippen molar-refractivity contribution < 1.29 is 14.3 Å². The van der Waals surface area contributed by atoms with Crippen molar-refractivity contribution in [2.75, 3.05) is 13.2 Å². The molecule has 0 fully saturated rings. The van der Waals surface area contributed by atoms with Crippen LogP contribution in [0.25, 0.3) is 0 Å². The number of amides is 1. The largest absolute Gasteiger partial charge is 0.466 e. The molecule has 1 aromatic carbocycles. The minimum Gasteiger partial charge on any atom is -0.466 e. The third kappa shape index (κ3) is 5.29. The second-order valence-corrected chi connectivity index (χ2v) is 5.17. The number of aromatic nitrogens is 1. The second-order valence-electron chi connectivity index (χ2n) is 5.17. The molecule has 1 heterocycles. The lowest BCUT2D eigenvalue weighted by Gasteiger charge is -2.10. The molecule has 0 bridgehead atoms. The first-order valence-electron chi connectivity index (χ1n) is 7.83. The molecule has 0 saturated heterocycles. The van der Waals surface area contributed by atoms with E-state index in [-0.39, 0.29) is 11.9 Å². The zero-order chi connectivity index (χ0) is 16.5. The van der Waals surface area contributed by atoms with Gasteiger partial charge in [0.2, 0.25) is 0 Å². The summed E-state index contributed by atoms with van der Waals surface area (Å²) in [6.07, 6.45) is 2.78. The van der Waals surface area contributed by atoms with E-state index in [1.807, 2.05) is 47.2 Å². The Morgan fingerprint density at radius 3 is 2.65 bits per heavy atom. The molecule has 0 radical (unpaired) electrons. The lowest BCUT2D eigenvalue weighted by atomic mass is 10.2. The molecule has 5 heteroatoms. The molecule has 122 valence electrons. The quantitative estimate of drug-likeness (QED) is 0.602. The normalized spacial score (nSPS) is 10.3. The van der Waals surface area contributed by atoms with Crippen molar-refractivity contribution in [1.29, 1.82) is 0 Å². The molecule has 1 amide bonds. The molecule has 0 aliphatic heterocycles. The van der Waals surface area contributed by atoms with E-state index in [9.17, 15) is 9.59 Å². The first kappa shape index (κ1) is 16.8. The highest BCUT2D eigenvalue weighted by Crippen LogP contribution is 2.08. The van der Waals surface area contributed by atoms with Gasteiger partial charge in [-0.3, -0.25) is 9.59 Å². The van der Waals surface area contributed by atoms with Gasteiger partial charge in [-0.05, 0) is 31.0 Å². The number of rotatable bonds is 8. The molecule has 0 aliphatic rings. The van der Waals surface area contributed by atoms with Gasteiger partial charge in [0.1, 0.15) is 5.69 Å². The van der Waals surface area contributed by atoms with E-state index < -0.39 is 0 Å². The zero-order valence-corrected chi connectivity index (χ0v) is 13.3. The van der Waals surface area contributed by atoms with Crippen LogP contribution in [0.2, 0.25) is 0 Å². The van der Waals surface area contributed by atoms with E-state index >= 15 is 0 Å². The van der Waals surface area contributed by atoms with Gasteiger partial charge in [0.05, 0.1) is 6.61 Å². The minimum atomic E-state index is -0.228. The highest BCUT2D eigenvalue weighted by atomic mass is 16.5. The summed E-state index contributed by atoms with van der Waals surface area (Å²) in [7, 11) is 0. The van der Waals surface area contributed by atoms with Gasteiger partial charge in [-0.25, -0.2) is 0 Å². The van der Waals surface area contributed by atoms with Crippen molar-refractivity contribution in [3.63, 3.8) is 0 Å². The Balaban J connectivity index is 1.84. The van der Waals surface area contributed by atoms with E-state index in [1.54, 1.807) is 13.0 Å². The van der Waals surface area contributed by atoms with Crippen LogP contribution in [0.5, 0.6) is 0 Å². The van der Waals surface area contributed by atoms with Gasteiger partial charge in [0, 0.05) is 25.7 Å². The topological polar surface area (TPSA) is 60.3 Å². The van der Waals surface area contributed by atoms with Gasteiger partial charge >= 0.3 is 5.97 Å². The van der Waals surface area contributed by atoms with Crippen LogP contribution in [0.3, 0.4) is 0 Å². The first-order valence-corrected chi connectivity index (χ1v) is 7.83. The third-order valence-corrected chi connectivity index (χ3v) is 3.41. The minimum absolute atomic E-state index is 0.130. The van der Waals surface area contributed by atoms with Crippen molar-refractivity contribution >= 4 is 11.9 Å². The van der Waals surface area contributed by atoms with Crippen LogP contribution in [0.4, 0.5) is 0 Å². The number of ether oxygens (including phenoxy) is 1. The molecule has 1 N–H and O–H groups in total. The Kier molecular flexibility index (Phi) is 6.41. The lowest BCUT2D eigenvalue weighted by molar-refractivity contribution is -0.143. The van der Waals surface area contributed by atoms with E-state index in [0.717, 1.165) is 5.56 Å². The van der Waals surface area contributed by atoms with Crippen molar-refractivity contribution in [1.82, 2.24) is 9.88 Å². The molecule has 0 spiro atoms. The maximum absolute atomic E-state index is 12.2. The molecule has 0 aliphatic carbocycles. The fourth-order valence-corrected chi connectivity index (χ4v) is 2.30. The maximum atomic E-state index is 12.2. The summed E-state index contributed by atoms with van der Waals surface area (Å²) in [5.41, 5.74) is 1.75. The van der Waals surface area contributed by atoms with Crippen LogP contribution >= 0.6 is 0 Å². The van der Waals surface area contributed by atoms with Crippen LogP contribution < -0.4 is 5.32 Å².